The van der Waals surface area contributed by atoms with Crippen LogP contribution in [0.5, 0.6) is 0 Å². The summed E-state index contributed by atoms with van der Waals surface area (Å²) in [5.41, 5.74) is 13.0. The first-order valence-corrected chi connectivity index (χ1v) is 18.6. The normalized spacial score (nSPS) is 25.1. The number of fused-ring (bicyclic) bond motifs is 7. The lowest BCUT2D eigenvalue weighted by atomic mass is 9.67. The Hall–Kier alpha value is -4.41. The Morgan fingerprint density at radius 2 is 1.67 bits per heavy atom. The van der Waals surface area contributed by atoms with Crippen molar-refractivity contribution in [3.05, 3.63) is 101 Å². The molecule has 11 heteroatoms. The van der Waals surface area contributed by atoms with E-state index in [-0.39, 0.29) is 52.2 Å². The van der Waals surface area contributed by atoms with Crippen LogP contribution in [0.3, 0.4) is 0 Å². The second-order valence-electron chi connectivity index (χ2n) is 12.8. The van der Waals surface area contributed by atoms with Gasteiger partial charge in [0, 0.05) is 66.9 Å². The van der Waals surface area contributed by atoms with Crippen molar-refractivity contribution in [3.8, 4) is 0 Å². The lowest BCUT2D eigenvalue weighted by molar-refractivity contribution is -0.116. The van der Waals surface area contributed by atoms with Gasteiger partial charge in [0.1, 0.15) is 0 Å². The van der Waals surface area contributed by atoms with Crippen LogP contribution in [0.1, 0.15) is 60.8 Å². The second-order valence-corrected chi connectivity index (χ2v) is 16.0. The van der Waals surface area contributed by atoms with Crippen LogP contribution >= 0.6 is 34.0 Å². The van der Waals surface area contributed by atoms with E-state index in [4.69, 9.17) is 5.53 Å². The second kappa shape index (κ2) is 11.6. The molecule has 0 radical (unpaired) electrons. The molecular formula is C37H30N4O4S3. The summed E-state index contributed by atoms with van der Waals surface area (Å²) in [6, 6.07) is 2.08. The van der Waals surface area contributed by atoms with Crippen molar-refractivity contribution in [2.45, 2.75) is 50.9 Å². The fourth-order valence-corrected chi connectivity index (χ4v) is 12.3. The van der Waals surface area contributed by atoms with E-state index in [9.17, 15) is 19.2 Å². The Kier molecular flexibility index (Phi) is 7.49. The molecular weight excluding hydrogens is 661 g/mol. The predicted octanol–water partition coefficient (Wildman–Crippen LogP) is 8.62. The molecule has 0 bridgehead atoms. The van der Waals surface area contributed by atoms with E-state index >= 15 is 0 Å². The number of nitrogens with one attached hydrogen (secondary N) is 1. The van der Waals surface area contributed by atoms with Crippen LogP contribution in [-0.4, -0.2) is 36.7 Å². The Morgan fingerprint density at radius 3 is 2.42 bits per heavy atom. The zero-order valence-corrected chi connectivity index (χ0v) is 28.8. The highest BCUT2D eigenvalue weighted by atomic mass is 32.1. The van der Waals surface area contributed by atoms with Crippen LogP contribution in [0, 0.1) is 5.92 Å². The maximum absolute atomic E-state index is 13.4. The van der Waals surface area contributed by atoms with Crippen LogP contribution in [-0.2, 0) is 24.6 Å². The van der Waals surface area contributed by atoms with Gasteiger partial charge in [0.05, 0.1) is 25.2 Å². The summed E-state index contributed by atoms with van der Waals surface area (Å²) in [7, 11) is 1.73. The summed E-state index contributed by atoms with van der Waals surface area (Å²) in [4.78, 5) is 58.3. The molecule has 1 spiro atoms. The number of ketones is 4. The van der Waals surface area contributed by atoms with Crippen LogP contribution in [0.25, 0.3) is 41.4 Å². The zero-order chi connectivity index (χ0) is 33.3. The minimum atomic E-state index is -0.269. The number of hydrogen-bond donors (Lipinski definition) is 1. The molecule has 8 nitrogen and oxygen atoms in total. The van der Waals surface area contributed by atoms with Gasteiger partial charge in [-0.1, -0.05) is 42.6 Å². The Bertz CT molecular complexity index is 2300. The molecule has 1 N–H and O–H groups in total. The molecule has 3 fully saturated rings. The smallest absolute Gasteiger partial charge is 0.199 e. The van der Waals surface area contributed by atoms with Gasteiger partial charge in [0.25, 0.3) is 0 Å². The van der Waals surface area contributed by atoms with Crippen LogP contribution in [0.2, 0.25) is 0 Å². The number of Topliss-reactive ketones (excluding diaryl/α,β-unsaturated/α-hetero) is 4. The maximum Gasteiger partial charge on any atom is 0.199 e. The van der Waals surface area contributed by atoms with Crippen LogP contribution < -0.4 is 5.32 Å². The third-order valence-corrected chi connectivity index (χ3v) is 14.0. The van der Waals surface area contributed by atoms with Crippen molar-refractivity contribution in [2.75, 3.05) is 13.6 Å². The van der Waals surface area contributed by atoms with E-state index in [1.807, 2.05) is 6.08 Å². The fraction of sp³-hybridized carbons (Fsp3) is 0.297. The third-order valence-electron chi connectivity index (χ3n) is 10.2. The Labute approximate surface area is 288 Å². The molecule has 1 atom stereocenters. The molecule has 48 heavy (non-hydrogen) atoms. The number of rotatable bonds is 5. The lowest BCUT2D eigenvalue weighted by Crippen LogP contribution is -2.29. The highest BCUT2D eigenvalue weighted by Crippen LogP contribution is 2.59. The summed E-state index contributed by atoms with van der Waals surface area (Å²) in [6.07, 6.45) is 18.6. The number of carbonyl (C=O) groups excluding carboxylic acids is 4. The van der Waals surface area contributed by atoms with Crippen molar-refractivity contribution in [1.82, 2.24) is 5.32 Å². The quantitative estimate of drug-likeness (QED) is 0.0942. The van der Waals surface area contributed by atoms with Gasteiger partial charge in [-0.3, -0.25) is 19.2 Å². The lowest BCUT2D eigenvalue weighted by Gasteiger charge is -2.36. The van der Waals surface area contributed by atoms with Gasteiger partial charge in [0.15, 0.2) is 23.1 Å². The third kappa shape index (κ3) is 4.49. The van der Waals surface area contributed by atoms with Gasteiger partial charge in [-0.15, -0.1) is 34.0 Å². The molecule has 240 valence electrons. The molecule has 5 aliphatic carbocycles. The molecule has 3 heterocycles. The van der Waals surface area contributed by atoms with Crippen molar-refractivity contribution in [3.63, 3.8) is 0 Å². The van der Waals surface area contributed by atoms with Gasteiger partial charge in [0.2, 0.25) is 0 Å². The standard InChI is InChI=1S/C37H30N4O4S3/c1-3-21-26(17-39-2)33(45)24(30(21)42)12-19-13-27-29(37(19)9-5-4-6-10-37)35-36(47-27)34-28(48-35)15-20(46-34)14-25-31(43)22-8-7-18(16-40-41-38)11-23(22)32(25)44/h3,8,11-15,17-18,39H,4-7,9-10,16H2,1-2H3/b21-3+,24-12-,25-14+,26-17+. The number of thiophene rings is 3. The van der Waals surface area contributed by atoms with Crippen LogP contribution in [0.4, 0.5) is 0 Å². The molecule has 0 amide bonds. The molecule has 0 saturated heterocycles. The zero-order valence-electron chi connectivity index (χ0n) is 26.3. The first kappa shape index (κ1) is 30.9. The van der Waals surface area contributed by atoms with Gasteiger partial charge in [-0.25, -0.2) is 0 Å². The maximum atomic E-state index is 13.4. The Balaban J connectivity index is 1.18. The largest absolute Gasteiger partial charge is 0.393 e. The van der Waals surface area contributed by atoms with Crippen LogP contribution in [0.15, 0.2) is 80.7 Å². The van der Waals surface area contributed by atoms with Crippen molar-refractivity contribution >= 4 is 88.1 Å². The fourth-order valence-electron chi connectivity index (χ4n) is 7.96. The average Bonchev–Trinajstić information content (AvgIpc) is 3.88. The summed E-state index contributed by atoms with van der Waals surface area (Å²) in [5, 5.41) is 6.55. The molecule has 0 aromatic carbocycles. The van der Waals surface area contributed by atoms with Gasteiger partial charge >= 0.3 is 0 Å². The number of hydrogen-bond acceptors (Lipinski definition) is 9. The highest BCUT2D eigenvalue weighted by Gasteiger charge is 2.46. The van der Waals surface area contributed by atoms with Gasteiger partial charge in [-0.2, -0.15) is 0 Å². The summed E-state index contributed by atoms with van der Waals surface area (Å²) >= 11 is 5.11. The molecule has 3 aromatic heterocycles. The topological polar surface area (TPSA) is 129 Å². The van der Waals surface area contributed by atoms with E-state index in [0.29, 0.717) is 28.7 Å². The summed E-state index contributed by atoms with van der Waals surface area (Å²) in [6.45, 7) is 2.04. The molecule has 1 unspecified atom stereocenters. The van der Waals surface area contributed by atoms with Gasteiger partial charge < -0.3 is 5.32 Å². The molecule has 8 rings (SSSR count). The van der Waals surface area contributed by atoms with E-state index in [0.717, 1.165) is 45.5 Å². The van der Waals surface area contributed by atoms with Crippen molar-refractivity contribution in [1.29, 1.82) is 0 Å². The number of carbonyl (C=O) groups is 4. The summed E-state index contributed by atoms with van der Waals surface area (Å²) in [5.74, 6) is -1.05. The molecule has 3 saturated carbocycles. The SMILES string of the molecule is C/C=C1/C(=O)/C(=C/C2=Cc3sc4c(sc5cc(/C=C6\C(=O)C7=CCC(CN=[N+]=[N-])C=C7C6=O)sc54)c3C23CCCCC3)C(=O)/C1=C/NC. The van der Waals surface area contributed by atoms with Crippen molar-refractivity contribution in [2.24, 2.45) is 11.0 Å². The molecule has 0 aliphatic heterocycles. The van der Waals surface area contributed by atoms with E-state index in [1.54, 1.807) is 78.5 Å². The molecule has 5 aliphatic rings. The van der Waals surface area contributed by atoms with Gasteiger partial charge in [-0.05, 0) is 73.1 Å². The van der Waals surface area contributed by atoms with Crippen molar-refractivity contribution < 1.29 is 19.2 Å². The number of nitrogens with zero attached hydrogens (tertiary/aromatic N) is 3. The minimum Gasteiger partial charge on any atom is -0.393 e. The first-order chi connectivity index (χ1) is 23.3. The highest BCUT2D eigenvalue weighted by molar-refractivity contribution is 7.39. The van der Waals surface area contributed by atoms with E-state index in [1.165, 1.54) is 26.3 Å². The number of azide groups is 1. The number of allylic oxidation sites excluding steroid dienone is 10. The molecule has 3 aromatic rings. The minimum absolute atomic E-state index is 0.0902. The van der Waals surface area contributed by atoms with E-state index < -0.39 is 0 Å². The summed E-state index contributed by atoms with van der Waals surface area (Å²) < 4.78 is 4.76. The predicted molar refractivity (Wildman–Crippen MR) is 193 cm³/mol. The van der Waals surface area contributed by atoms with E-state index in [2.05, 4.69) is 27.5 Å². The average molecular weight is 691 g/mol. The Morgan fingerprint density at radius 1 is 0.917 bits per heavy atom. The first-order valence-electron chi connectivity index (χ1n) is 16.1. The monoisotopic (exact) mass is 690 g/mol.